The molecular weight excluding hydrogens is 426 g/mol. The number of benzene rings is 1. The lowest BCUT2D eigenvalue weighted by Gasteiger charge is -2.38. The molecule has 1 saturated heterocycles. The maximum Gasteiger partial charge on any atom is 0.409 e. The number of thiazole rings is 1. The molecule has 1 unspecified atom stereocenters. The largest absolute Gasteiger partial charge is 0.492 e. The molecule has 1 fully saturated rings. The minimum Gasteiger partial charge on any atom is -0.492 e. The fourth-order valence-corrected chi connectivity index (χ4v) is 5.04. The van der Waals surface area contributed by atoms with Crippen LogP contribution in [0.3, 0.4) is 0 Å². The third-order valence-corrected chi connectivity index (χ3v) is 6.49. The molecule has 160 valence electrons. The zero-order chi connectivity index (χ0) is 21.3. The highest BCUT2D eigenvalue weighted by atomic mass is 35.5. The van der Waals surface area contributed by atoms with Crippen LogP contribution in [0.25, 0.3) is 4.96 Å². The van der Waals surface area contributed by atoms with Crippen molar-refractivity contribution in [3.8, 4) is 5.88 Å². The molecule has 1 atom stereocenters. The minimum absolute atomic E-state index is 0.0972. The Hall–Kier alpha value is -2.36. The fraction of sp³-hybridized carbons (Fsp3) is 0.450. The van der Waals surface area contributed by atoms with Crippen LogP contribution in [0.4, 0.5) is 4.79 Å². The lowest BCUT2D eigenvalue weighted by Crippen LogP contribution is -2.49. The number of carbonyl (C=O) groups excluding carboxylic acids is 1. The normalized spacial score (nSPS) is 16.2. The SMILES string of the molecule is CCOC(=O)N1CCN(C(c2cccc(Cl)c2)c2sc3nc(CC)nn3c2O)CC1. The number of aromatic hydroxyl groups is 1. The molecule has 1 aliphatic heterocycles. The summed E-state index contributed by atoms with van der Waals surface area (Å²) in [5.41, 5.74) is 0.975. The average Bonchev–Trinajstić information content (AvgIpc) is 3.28. The van der Waals surface area contributed by atoms with Gasteiger partial charge in [0.25, 0.3) is 0 Å². The van der Waals surface area contributed by atoms with Crippen molar-refractivity contribution < 1.29 is 14.6 Å². The Labute approximate surface area is 183 Å². The fourth-order valence-electron chi connectivity index (χ4n) is 3.70. The van der Waals surface area contributed by atoms with E-state index in [0.29, 0.717) is 55.0 Å². The number of amides is 1. The standard InChI is InChI=1S/C20H24ClN5O3S/c1-3-15-22-19-26(23-15)18(27)17(30-19)16(13-6-5-7-14(21)12-13)24-8-10-25(11-9-24)20(28)29-4-2/h5-7,12,16,27H,3-4,8-11H2,1-2H3. The Morgan fingerprint density at radius 2 is 2.07 bits per heavy atom. The van der Waals surface area contributed by atoms with E-state index < -0.39 is 0 Å². The number of carbonyl (C=O) groups is 1. The van der Waals surface area contributed by atoms with Crippen molar-refractivity contribution in [1.29, 1.82) is 0 Å². The van der Waals surface area contributed by atoms with Crippen molar-refractivity contribution in [2.75, 3.05) is 32.8 Å². The minimum atomic E-state index is -0.287. The summed E-state index contributed by atoms with van der Waals surface area (Å²) in [4.78, 5) is 22.0. The molecule has 0 spiro atoms. The summed E-state index contributed by atoms with van der Waals surface area (Å²) in [5, 5.41) is 16.0. The summed E-state index contributed by atoms with van der Waals surface area (Å²) in [5.74, 6) is 0.797. The van der Waals surface area contributed by atoms with Gasteiger partial charge in [-0.1, -0.05) is 42.0 Å². The van der Waals surface area contributed by atoms with Crippen molar-refractivity contribution in [2.45, 2.75) is 26.3 Å². The molecule has 4 rings (SSSR count). The predicted molar refractivity (Wildman–Crippen MR) is 115 cm³/mol. The van der Waals surface area contributed by atoms with Gasteiger partial charge in [-0.15, -0.1) is 5.10 Å². The summed E-state index contributed by atoms with van der Waals surface area (Å²) < 4.78 is 6.63. The van der Waals surface area contributed by atoms with E-state index in [1.54, 1.807) is 11.8 Å². The molecule has 3 heterocycles. The number of hydrogen-bond donors (Lipinski definition) is 1. The van der Waals surface area contributed by atoms with Crippen LogP contribution in [0, 0.1) is 0 Å². The number of rotatable bonds is 5. The molecular formula is C20H24ClN5O3S. The number of piperazine rings is 1. The van der Waals surface area contributed by atoms with Crippen LogP contribution >= 0.6 is 22.9 Å². The van der Waals surface area contributed by atoms with Crippen LogP contribution in [0.5, 0.6) is 5.88 Å². The molecule has 0 radical (unpaired) electrons. The van der Waals surface area contributed by atoms with Gasteiger partial charge in [0, 0.05) is 37.6 Å². The second-order valence-corrected chi connectivity index (χ2v) is 8.49. The molecule has 1 N–H and O–H groups in total. The van der Waals surface area contributed by atoms with Crippen molar-refractivity contribution in [3.63, 3.8) is 0 Å². The number of aryl methyl sites for hydroxylation is 1. The first kappa shape index (κ1) is 20.9. The van der Waals surface area contributed by atoms with E-state index in [1.165, 1.54) is 15.9 Å². The smallest absolute Gasteiger partial charge is 0.409 e. The van der Waals surface area contributed by atoms with Crippen LogP contribution in [0.1, 0.15) is 36.2 Å². The van der Waals surface area contributed by atoms with E-state index in [9.17, 15) is 9.90 Å². The summed E-state index contributed by atoms with van der Waals surface area (Å²) in [7, 11) is 0. The van der Waals surface area contributed by atoms with Gasteiger partial charge >= 0.3 is 6.09 Å². The maximum atomic E-state index is 12.1. The molecule has 0 saturated carbocycles. The van der Waals surface area contributed by atoms with Crippen LogP contribution < -0.4 is 0 Å². The number of halogens is 1. The van der Waals surface area contributed by atoms with Gasteiger partial charge in [-0.25, -0.2) is 9.78 Å². The molecule has 3 aromatic rings. The topological polar surface area (TPSA) is 83.2 Å². The highest BCUT2D eigenvalue weighted by Crippen LogP contribution is 2.40. The highest BCUT2D eigenvalue weighted by molar-refractivity contribution is 7.17. The first-order valence-corrected chi connectivity index (χ1v) is 11.2. The lowest BCUT2D eigenvalue weighted by atomic mass is 10.0. The van der Waals surface area contributed by atoms with Gasteiger partial charge in [0.05, 0.1) is 17.5 Å². The van der Waals surface area contributed by atoms with E-state index in [1.807, 2.05) is 31.2 Å². The average molecular weight is 450 g/mol. The van der Waals surface area contributed by atoms with E-state index in [2.05, 4.69) is 15.0 Å². The second-order valence-electron chi connectivity index (χ2n) is 7.05. The summed E-state index contributed by atoms with van der Waals surface area (Å²) in [6, 6.07) is 7.43. The van der Waals surface area contributed by atoms with Gasteiger partial charge in [0.1, 0.15) is 0 Å². The van der Waals surface area contributed by atoms with Gasteiger partial charge in [-0.2, -0.15) is 4.52 Å². The lowest BCUT2D eigenvalue weighted by molar-refractivity contribution is 0.0715. The first-order chi connectivity index (χ1) is 14.5. The molecule has 30 heavy (non-hydrogen) atoms. The zero-order valence-electron chi connectivity index (χ0n) is 16.9. The molecule has 0 aliphatic carbocycles. The number of nitrogens with zero attached hydrogens (tertiary/aromatic N) is 5. The van der Waals surface area contributed by atoms with E-state index in [0.717, 1.165) is 10.4 Å². The molecule has 8 nitrogen and oxygen atoms in total. The number of aromatic nitrogens is 3. The van der Waals surface area contributed by atoms with E-state index in [-0.39, 0.29) is 18.0 Å². The Morgan fingerprint density at radius 3 is 2.70 bits per heavy atom. The molecule has 1 aliphatic rings. The molecule has 2 aromatic heterocycles. The van der Waals surface area contributed by atoms with E-state index >= 15 is 0 Å². The molecule has 1 amide bonds. The number of hydrogen-bond acceptors (Lipinski definition) is 7. The number of ether oxygens (including phenoxy) is 1. The third-order valence-electron chi connectivity index (χ3n) is 5.18. The van der Waals surface area contributed by atoms with Crippen molar-refractivity contribution in [1.82, 2.24) is 24.4 Å². The zero-order valence-corrected chi connectivity index (χ0v) is 18.5. The molecule has 10 heteroatoms. The van der Waals surface area contributed by atoms with Gasteiger partial charge in [-0.05, 0) is 24.6 Å². The van der Waals surface area contributed by atoms with Crippen molar-refractivity contribution >= 4 is 34.0 Å². The maximum absolute atomic E-state index is 12.1. The monoisotopic (exact) mass is 449 g/mol. The van der Waals surface area contributed by atoms with Crippen molar-refractivity contribution in [3.05, 3.63) is 45.6 Å². The first-order valence-electron chi connectivity index (χ1n) is 10.00. The van der Waals surface area contributed by atoms with Crippen LogP contribution in [-0.4, -0.2) is 68.4 Å². The Balaban J connectivity index is 1.67. The highest BCUT2D eigenvalue weighted by Gasteiger charge is 2.33. The second kappa shape index (κ2) is 8.79. The van der Waals surface area contributed by atoms with Gasteiger partial charge in [0.2, 0.25) is 10.8 Å². The van der Waals surface area contributed by atoms with Crippen molar-refractivity contribution in [2.24, 2.45) is 0 Å². The summed E-state index contributed by atoms with van der Waals surface area (Å²) in [6.45, 7) is 6.54. The van der Waals surface area contributed by atoms with Gasteiger partial charge in [-0.3, -0.25) is 4.90 Å². The van der Waals surface area contributed by atoms with Crippen LogP contribution in [-0.2, 0) is 11.2 Å². The number of fused-ring (bicyclic) bond motifs is 1. The van der Waals surface area contributed by atoms with Gasteiger partial charge < -0.3 is 14.7 Å². The third kappa shape index (κ3) is 3.97. The summed E-state index contributed by atoms with van der Waals surface area (Å²) >= 11 is 7.70. The van der Waals surface area contributed by atoms with E-state index in [4.69, 9.17) is 16.3 Å². The van der Waals surface area contributed by atoms with Crippen LogP contribution in [0.2, 0.25) is 5.02 Å². The quantitative estimate of drug-likeness (QED) is 0.641. The molecule has 1 aromatic carbocycles. The Morgan fingerprint density at radius 1 is 1.30 bits per heavy atom. The van der Waals surface area contributed by atoms with Crippen LogP contribution in [0.15, 0.2) is 24.3 Å². The summed E-state index contributed by atoms with van der Waals surface area (Å²) in [6.07, 6.45) is 0.418. The van der Waals surface area contributed by atoms with Gasteiger partial charge in [0.15, 0.2) is 5.82 Å². The Bertz CT molecular complexity index is 1040. The predicted octanol–water partition coefficient (Wildman–Crippen LogP) is 3.58. The Kier molecular flexibility index (Phi) is 6.12. The molecule has 0 bridgehead atoms.